The minimum atomic E-state index is -1.57. The molecule has 0 aliphatic heterocycles. The van der Waals surface area contributed by atoms with Crippen molar-refractivity contribution in [2.45, 2.75) is 0 Å². The number of carbonyl (C=O) groups excluding carboxylic acids is 1. The third kappa shape index (κ3) is 3.08. The zero-order valence-electron chi connectivity index (χ0n) is 7.21. The van der Waals surface area contributed by atoms with Gasteiger partial charge < -0.3 is 9.90 Å². The molecule has 0 aliphatic carbocycles. The predicted molar refractivity (Wildman–Crippen MR) is 55.8 cm³/mol. The summed E-state index contributed by atoms with van der Waals surface area (Å²) in [4.78, 5) is 10.6. The Hall–Kier alpha value is 1.14. The van der Waals surface area contributed by atoms with Crippen LogP contribution in [0, 0.1) is 0 Å². The van der Waals surface area contributed by atoms with Crippen molar-refractivity contribution in [3.63, 3.8) is 0 Å². The number of carbonyl (C=O) groups is 1. The molecule has 0 aromatic heterocycles. The van der Waals surface area contributed by atoms with E-state index in [0.29, 0.717) is 0 Å². The first kappa shape index (κ1) is 16.1. The Morgan fingerprint density at radius 3 is 1.33 bits per heavy atom. The maximum atomic E-state index is 10.6. The summed E-state index contributed by atoms with van der Waals surface area (Å²) in [5.41, 5.74) is -0.465. The van der Waals surface area contributed by atoms with Crippen LogP contribution in [0.25, 0.3) is 0 Å². The predicted octanol–water partition coefficient (Wildman–Crippen LogP) is 0.321. The summed E-state index contributed by atoms with van der Waals surface area (Å²) >= 11 is 28.0. The summed E-state index contributed by atoms with van der Waals surface area (Å²) in [6, 6.07) is 0. The Kier molecular flexibility index (Phi) is 6.64. The fourth-order valence-electron chi connectivity index (χ4n) is 0.784. The molecular formula is C7Cl5NaO2. The Labute approximate surface area is 133 Å². The largest absolute Gasteiger partial charge is 1.00 e. The van der Waals surface area contributed by atoms with Crippen LogP contribution >= 0.6 is 58.0 Å². The van der Waals surface area contributed by atoms with E-state index < -0.39 is 11.5 Å². The smallest absolute Gasteiger partial charge is 0.545 e. The summed E-state index contributed by atoms with van der Waals surface area (Å²) in [6.45, 7) is 0. The van der Waals surface area contributed by atoms with Crippen molar-refractivity contribution >= 4 is 64.0 Å². The fraction of sp³-hybridized carbons (Fsp3) is 0. The van der Waals surface area contributed by atoms with Crippen LogP contribution in [0.3, 0.4) is 0 Å². The van der Waals surface area contributed by atoms with Crippen molar-refractivity contribution < 1.29 is 39.5 Å². The zero-order chi connectivity index (χ0) is 11.0. The van der Waals surface area contributed by atoms with E-state index in [1.165, 1.54) is 0 Å². The van der Waals surface area contributed by atoms with Crippen LogP contribution in [0.4, 0.5) is 0 Å². The number of hydrogen-bond acceptors (Lipinski definition) is 2. The van der Waals surface area contributed by atoms with E-state index in [1.54, 1.807) is 0 Å². The minimum absolute atomic E-state index is 0. The Morgan fingerprint density at radius 2 is 1.07 bits per heavy atom. The number of carboxylic acid groups (broad SMARTS) is 1. The molecule has 1 aromatic rings. The van der Waals surface area contributed by atoms with E-state index >= 15 is 0 Å². The monoisotopic (exact) mass is 314 g/mol. The van der Waals surface area contributed by atoms with Gasteiger partial charge in [-0.3, -0.25) is 0 Å². The molecule has 0 fully saturated rings. The molecule has 1 aromatic carbocycles. The van der Waals surface area contributed by atoms with Crippen LogP contribution in [0.2, 0.25) is 25.1 Å². The van der Waals surface area contributed by atoms with E-state index in [2.05, 4.69) is 0 Å². The molecular weight excluding hydrogens is 316 g/mol. The molecule has 0 saturated heterocycles. The molecule has 0 heterocycles. The van der Waals surface area contributed by atoms with Gasteiger partial charge in [0.25, 0.3) is 0 Å². The molecule has 0 amide bonds. The Balaban J connectivity index is 0.00000196. The molecule has 0 atom stereocenters. The molecule has 1 rings (SSSR count). The molecule has 76 valence electrons. The second-order valence-electron chi connectivity index (χ2n) is 2.23. The van der Waals surface area contributed by atoms with Crippen molar-refractivity contribution in [3.8, 4) is 0 Å². The number of aromatic carboxylic acids is 1. The van der Waals surface area contributed by atoms with Crippen LogP contribution in [0.1, 0.15) is 10.4 Å². The van der Waals surface area contributed by atoms with Gasteiger partial charge in [0.15, 0.2) is 0 Å². The van der Waals surface area contributed by atoms with Gasteiger partial charge in [0.05, 0.1) is 31.1 Å². The standard InChI is InChI=1S/C7HCl5O2.Na/c8-2-1(7(13)14)3(9)5(11)6(12)4(2)10;/h(H,13,14);/q;+1/p-1. The maximum absolute atomic E-state index is 10.6. The first-order valence-electron chi connectivity index (χ1n) is 3.10. The quantitative estimate of drug-likeness (QED) is 0.425. The van der Waals surface area contributed by atoms with Crippen LogP contribution < -0.4 is 34.7 Å². The summed E-state index contributed by atoms with van der Waals surface area (Å²) in [6.07, 6.45) is 0. The zero-order valence-corrected chi connectivity index (χ0v) is 13.0. The van der Waals surface area contributed by atoms with E-state index in [9.17, 15) is 9.90 Å². The Bertz CT molecular complexity index is 391. The molecule has 0 bridgehead atoms. The number of carboxylic acids is 1. The maximum Gasteiger partial charge on any atom is 1.00 e. The van der Waals surface area contributed by atoms with Crippen molar-refractivity contribution in [1.29, 1.82) is 0 Å². The molecule has 0 saturated carbocycles. The van der Waals surface area contributed by atoms with E-state index in [0.717, 1.165) is 0 Å². The minimum Gasteiger partial charge on any atom is -0.545 e. The molecule has 8 heteroatoms. The van der Waals surface area contributed by atoms with Gasteiger partial charge in [-0.25, -0.2) is 0 Å². The normalized spacial score (nSPS) is 9.67. The summed E-state index contributed by atoms with van der Waals surface area (Å²) in [5, 5.41) is 9.63. The summed E-state index contributed by atoms with van der Waals surface area (Å²) < 4.78 is 0. The average molecular weight is 316 g/mol. The van der Waals surface area contributed by atoms with Crippen molar-refractivity contribution in [3.05, 3.63) is 30.7 Å². The van der Waals surface area contributed by atoms with Gasteiger partial charge in [0.1, 0.15) is 0 Å². The van der Waals surface area contributed by atoms with Crippen LogP contribution in [-0.2, 0) is 0 Å². The molecule has 0 radical (unpaired) electrons. The molecule has 2 nitrogen and oxygen atoms in total. The van der Waals surface area contributed by atoms with Crippen molar-refractivity contribution in [2.75, 3.05) is 0 Å². The number of halogens is 5. The fourth-order valence-corrected chi connectivity index (χ4v) is 2.08. The first-order valence-corrected chi connectivity index (χ1v) is 4.99. The molecule has 0 spiro atoms. The molecule has 15 heavy (non-hydrogen) atoms. The van der Waals surface area contributed by atoms with Gasteiger partial charge in [0.2, 0.25) is 0 Å². The number of rotatable bonds is 1. The van der Waals surface area contributed by atoms with Gasteiger partial charge in [-0.1, -0.05) is 58.0 Å². The second kappa shape index (κ2) is 6.18. The van der Waals surface area contributed by atoms with Crippen molar-refractivity contribution in [1.82, 2.24) is 0 Å². The third-order valence-electron chi connectivity index (χ3n) is 1.41. The van der Waals surface area contributed by atoms with Crippen LogP contribution in [0.5, 0.6) is 0 Å². The first-order chi connectivity index (χ1) is 6.37. The molecule has 0 N–H and O–H groups in total. The van der Waals surface area contributed by atoms with Crippen LogP contribution in [0.15, 0.2) is 0 Å². The van der Waals surface area contributed by atoms with E-state index in [1.807, 2.05) is 0 Å². The average Bonchev–Trinajstić information content (AvgIpc) is 2.11. The van der Waals surface area contributed by atoms with Gasteiger partial charge in [0, 0.05) is 5.56 Å². The molecule has 0 unspecified atom stereocenters. The SMILES string of the molecule is O=C([O-])c1c(Cl)c(Cl)c(Cl)c(Cl)c1Cl.[Na+]. The second-order valence-corrected chi connectivity index (χ2v) is 4.12. The van der Waals surface area contributed by atoms with Crippen LogP contribution in [-0.4, -0.2) is 5.97 Å². The van der Waals surface area contributed by atoms with Gasteiger partial charge >= 0.3 is 29.6 Å². The topological polar surface area (TPSA) is 40.1 Å². The third-order valence-corrected chi connectivity index (χ3v) is 3.69. The van der Waals surface area contributed by atoms with E-state index in [-0.39, 0.29) is 54.7 Å². The Morgan fingerprint density at radius 1 is 0.800 bits per heavy atom. The van der Waals surface area contributed by atoms with Gasteiger partial charge in [-0.15, -0.1) is 0 Å². The summed E-state index contributed by atoms with van der Waals surface area (Å²) in [5.74, 6) is -1.57. The molecule has 0 aliphatic rings. The van der Waals surface area contributed by atoms with Crippen molar-refractivity contribution in [2.24, 2.45) is 0 Å². The van der Waals surface area contributed by atoms with Gasteiger partial charge in [-0.05, 0) is 0 Å². The summed E-state index contributed by atoms with van der Waals surface area (Å²) in [7, 11) is 0. The number of hydrogen-bond donors (Lipinski definition) is 0. The number of benzene rings is 1. The van der Waals surface area contributed by atoms with E-state index in [4.69, 9.17) is 58.0 Å². The van der Waals surface area contributed by atoms with Gasteiger partial charge in [-0.2, -0.15) is 0 Å².